The molecule has 0 radical (unpaired) electrons. The van der Waals surface area contributed by atoms with E-state index >= 15 is 0 Å². The standard InChI is InChI=1S/C27H25N3O3/c1-26(2)27(3,32)12-19(33-26)30-18-11-7-5-9-15(18)21-22-16(13-28-25(22)31)20-14-8-4-6-10-17(14)29-23(20)24(21)30/h4-11,19,29,32H,12-13H2,1-3H3,(H,28,31)/t19-,27+/m1/s1. The largest absolute Gasteiger partial charge is 0.387 e. The summed E-state index contributed by atoms with van der Waals surface area (Å²) in [5.41, 5.74) is 4.11. The molecule has 5 aromatic rings. The number of carbonyl (C=O) groups is 1. The number of benzene rings is 3. The Labute approximate surface area is 190 Å². The first-order valence-electron chi connectivity index (χ1n) is 11.4. The van der Waals surface area contributed by atoms with Crippen molar-refractivity contribution in [2.45, 2.75) is 51.2 Å². The molecule has 1 saturated heterocycles. The molecule has 6 nitrogen and oxygen atoms in total. The highest BCUT2D eigenvalue weighted by Crippen LogP contribution is 2.49. The van der Waals surface area contributed by atoms with E-state index in [9.17, 15) is 9.90 Å². The first-order valence-corrected chi connectivity index (χ1v) is 11.4. The molecule has 0 bridgehead atoms. The first-order chi connectivity index (χ1) is 15.8. The minimum absolute atomic E-state index is 0.0373. The Kier molecular flexibility index (Phi) is 3.46. The maximum atomic E-state index is 13.2. The van der Waals surface area contributed by atoms with Gasteiger partial charge in [0.2, 0.25) is 0 Å². The quantitative estimate of drug-likeness (QED) is 0.339. The number of amides is 1. The van der Waals surface area contributed by atoms with Gasteiger partial charge in [0.05, 0.1) is 33.3 Å². The summed E-state index contributed by atoms with van der Waals surface area (Å²) >= 11 is 0. The second kappa shape index (κ2) is 5.95. The molecule has 166 valence electrons. The third kappa shape index (κ3) is 2.27. The van der Waals surface area contributed by atoms with Gasteiger partial charge in [0.1, 0.15) is 6.23 Å². The van der Waals surface area contributed by atoms with E-state index in [1.807, 2.05) is 45.0 Å². The lowest BCUT2D eigenvalue weighted by atomic mass is 9.87. The number of para-hydroxylation sites is 2. The van der Waals surface area contributed by atoms with Crippen molar-refractivity contribution in [3.05, 3.63) is 59.7 Å². The maximum absolute atomic E-state index is 13.2. The van der Waals surface area contributed by atoms with Crippen molar-refractivity contribution in [1.82, 2.24) is 14.9 Å². The number of hydrogen-bond acceptors (Lipinski definition) is 3. The van der Waals surface area contributed by atoms with Gasteiger partial charge in [-0.15, -0.1) is 0 Å². The monoisotopic (exact) mass is 439 g/mol. The highest BCUT2D eigenvalue weighted by Gasteiger charge is 2.51. The third-order valence-electron chi connectivity index (χ3n) is 7.95. The van der Waals surface area contributed by atoms with Crippen molar-refractivity contribution in [2.24, 2.45) is 0 Å². The van der Waals surface area contributed by atoms with Gasteiger partial charge in [-0.2, -0.15) is 0 Å². The third-order valence-corrected chi connectivity index (χ3v) is 7.95. The van der Waals surface area contributed by atoms with E-state index in [2.05, 4.69) is 39.1 Å². The average Bonchev–Trinajstić information content (AvgIpc) is 3.48. The van der Waals surface area contributed by atoms with Gasteiger partial charge in [-0.3, -0.25) is 4.79 Å². The van der Waals surface area contributed by atoms with Gasteiger partial charge in [-0.05, 0) is 38.5 Å². The molecule has 7 rings (SSSR count). The summed E-state index contributed by atoms with van der Waals surface area (Å²) in [5.74, 6) is -0.0373. The lowest BCUT2D eigenvalue weighted by Gasteiger charge is -2.30. The lowest BCUT2D eigenvalue weighted by Crippen LogP contribution is -2.43. The summed E-state index contributed by atoms with van der Waals surface area (Å²) in [6.07, 6.45) is 0.0909. The molecule has 2 atom stereocenters. The number of ether oxygens (including phenoxy) is 1. The minimum atomic E-state index is -0.983. The van der Waals surface area contributed by atoms with Crippen LogP contribution in [0.4, 0.5) is 0 Å². The predicted octanol–water partition coefficient (Wildman–Crippen LogP) is 5.12. The summed E-state index contributed by atoms with van der Waals surface area (Å²) in [5, 5.41) is 18.4. The zero-order valence-corrected chi connectivity index (χ0v) is 18.8. The van der Waals surface area contributed by atoms with Crippen LogP contribution in [-0.4, -0.2) is 31.8 Å². The number of aromatic amines is 1. The molecule has 1 fully saturated rings. The molecular weight excluding hydrogens is 414 g/mol. The van der Waals surface area contributed by atoms with E-state index in [1.165, 1.54) is 0 Å². The molecule has 33 heavy (non-hydrogen) atoms. The average molecular weight is 440 g/mol. The molecule has 0 saturated carbocycles. The molecule has 2 aliphatic rings. The van der Waals surface area contributed by atoms with Crippen LogP contribution >= 0.6 is 0 Å². The maximum Gasteiger partial charge on any atom is 0.252 e. The second-order valence-electron chi connectivity index (χ2n) is 10.1. The minimum Gasteiger partial charge on any atom is -0.387 e. The van der Waals surface area contributed by atoms with Crippen molar-refractivity contribution in [3.8, 4) is 0 Å². The summed E-state index contributed by atoms with van der Waals surface area (Å²) in [7, 11) is 0. The van der Waals surface area contributed by atoms with E-state index in [-0.39, 0.29) is 12.1 Å². The molecule has 6 heteroatoms. The van der Waals surface area contributed by atoms with Crippen LogP contribution < -0.4 is 5.32 Å². The highest BCUT2D eigenvalue weighted by molar-refractivity contribution is 6.30. The molecule has 3 aromatic carbocycles. The number of rotatable bonds is 1. The number of aromatic nitrogens is 2. The van der Waals surface area contributed by atoms with Gasteiger partial charge in [0, 0.05) is 40.0 Å². The first kappa shape index (κ1) is 19.1. The zero-order valence-electron chi connectivity index (χ0n) is 18.8. The van der Waals surface area contributed by atoms with Crippen LogP contribution in [0.15, 0.2) is 48.5 Å². The molecule has 1 amide bonds. The number of hydrogen-bond donors (Lipinski definition) is 3. The van der Waals surface area contributed by atoms with E-state index < -0.39 is 11.2 Å². The normalized spacial score (nSPS) is 24.4. The molecule has 0 unspecified atom stereocenters. The van der Waals surface area contributed by atoms with E-state index in [0.29, 0.717) is 13.0 Å². The number of aliphatic hydroxyl groups is 1. The van der Waals surface area contributed by atoms with Gasteiger partial charge in [0.25, 0.3) is 5.91 Å². The number of fused-ring (bicyclic) bond motifs is 10. The van der Waals surface area contributed by atoms with Crippen LogP contribution in [0.2, 0.25) is 0 Å². The van der Waals surface area contributed by atoms with E-state index in [4.69, 9.17) is 4.74 Å². The smallest absolute Gasteiger partial charge is 0.252 e. The predicted molar refractivity (Wildman–Crippen MR) is 129 cm³/mol. The summed E-state index contributed by atoms with van der Waals surface area (Å²) in [6, 6.07) is 16.4. The number of nitrogens with one attached hydrogen (secondary N) is 2. The Hall–Kier alpha value is -3.35. The van der Waals surface area contributed by atoms with E-state index in [1.54, 1.807) is 0 Å². The fourth-order valence-corrected chi connectivity index (χ4v) is 5.89. The van der Waals surface area contributed by atoms with Gasteiger partial charge >= 0.3 is 0 Å². The lowest BCUT2D eigenvalue weighted by molar-refractivity contribution is -0.111. The summed E-state index contributed by atoms with van der Waals surface area (Å²) in [4.78, 5) is 16.8. The molecule has 4 heterocycles. The molecule has 2 aromatic heterocycles. The van der Waals surface area contributed by atoms with Crippen LogP contribution in [0.5, 0.6) is 0 Å². The van der Waals surface area contributed by atoms with Crippen LogP contribution in [0.25, 0.3) is 43.6 Å². The van der Waals surface area contributed by atoms with Crippen molar-refractivity contribution < 1.29 is 14.6 Å². The number of carbonyl (C=O) groups excluding carboxylic acids is 1. The van der Waals surface area contributed by atoms with Gasteiger partial charge in [-0.1, -0.05) is 36.4 Å². The molecule has 2 aliphatic heterocycles. The van der Waals surface area contributed by atoms with Crippen molar-refractivity contribution >= 4 is 49.5 Å². The SMILES string of the molecule is CC1(C)O[C@@H](n2c3ccccc3c3c4c(c5c6ccccc6[nH]c5c32)CNC4=O)C[C@]1(C)O. The molecule has 0 aliphatic carbocycles. The zero-order chi connectivity index (χ0) is 22.7. The molecule has 0 spiro atoms. The Balaban J connectivity index is 1.72. The van der Waals surface area contributed by atoms with E-state index in [0.717, 1.165) is 54.7 Å². The Morgan fingerprint density at radius 1 is 1.03 bits per heavy atom. The fourth-order valence-electron chi connectivity index (χ4n) is 5.89. The van der Waals surface area contributed by atoms with Gasteiger partial charge < -0.3 is 24.7 Å². The molecule has 3 N–H and O–H groups in total. The summed E-state index contributed by atoms with van der Waals surface area (Å²) in [6.45, 7) is 6.23. The number of nitrogens with zero attached hydrogens (tertiary/aromatic N) is 1. The van der Waals surface area contributed by atoms with Crippen molar-refractivity contribution in [3.63, 3.8) is 0 Å². The van der Waals surface area contributed by atoms with Gasteiger partial charge in [-0.25, -0.2) is 0 Å². The topological polar surface area (TPSA) is 79.3 Å². The number of H-pyrrole nitrogens is 1. The van der Waals surface area contributed by atoms with Gasteiger partial charge in [0.15, 0.2) is 0 Å². The second-order valence-corrected chi connectivity index (χ2v) is 10.1. The summed E-state index contributed by atoms with van der Waals surface area (Å²) < 4.78 is 8.68. The van der Waals surface area contributed by atoms with Crippen molar-refractivity contribution in [1.29, 1.82) is 0 Å². The van der Waals surface area contributed by atoms with Crippen LogP contribution in [0.1, 0.15) is 49.3 Å². The fraction of sp³-hybridized carbons (Fsp3) is 0.296. The Morgan fingerprint density at radius 2 is 1.76 bits per heavy atom. The van der Waals surface area contributed by atoms with Crippen molar-refractivity contribution in [2.75, 3.05) is 0 Å². The van der Waals surface area contributed by atoms with Crippen LogP contribution in [0, 0.1) is 0 Å². The molecular formula is C27H25N3O3. The highest BCUT2D eigenvalue weighted by atomic mass is 16.5. The Morgan fingerprint density at radius 3 is 2.52 bits per heavy atom. The van der Waals surface area contributed by atoms with Crippen LogP contribution in [-0.2, 0) is 11.3 Å². The van der Waals surface area contributed by atoms with Crippen LogP contribution in [0.3, 0.4) is 0 Å². The Bertz CT molecular complexity index is 1640.